The number of nitrogens with zero attached hydrogens (tertiary/aromatic N) is 2. The summed E-state index contributed by atoms with van der Waals surface area (Å²) in [6, 6.07) is 0.799. The number of carbonyl (C=O) groups is 1. The summed E-state index contributed by atoms with van der Waals surface area (Å²) in [5, 5.41) is 0. The topological polar surface area (TPSA) is 23.6 Å². The summed E-state index contributed by atoms with van der Waals surface area (Å²) >= 11 is 0. The Hall–Kier alpha value is -0.570. The maximum Gasteiger partial charge on any atom is 0.225 e. The van der Waals surface area contributed by atoms with Crippen LogP contribution in [0.5, 0.6) is 0 Å². The second kappa shape index (κ2) is 4.12. The third-order valence-corrected chi connectivity index (χ3v) is 3.76. The zero-order valence-corrected chi connectivity index (χ0v) is 10.1. The second-order valence-corrected chi connectivity index (χ2v) is 5.29. The number of carbonyl (C=O) groups excluding carboxylic acids is 1. The van der Waals surface area contributed by atoms with Gasteiger partial charge in [0.05, 0.1) is 0 Å². The summed E-state index contributed by atoms with van der Waals surface area (Å²) in [5.41, 5.74) is 0. The molecule has 86 valence electrons. The van der Waals surface area contributed by atoms with Crippen molar-refractivity contribution in [3.63, 3.8) is 0 Å². The highest BCUT2D eigenvalue weighted by Gasteiger charge is 2.40. The van der Waals surface area contributed by atoms with Crippen LogP contribution < -0.4 is 0 Å². The van der Waals surface area contributed by atoms with Crippen molar-refractivity contribution in [2.24, 2.45) is 11.8 Å². The van der Waals surface area contributed by atoms with Gasteiger partial charge in [0.25, 0.3) is 0 Å². The van der Waals surface area contributed by atoms with Gasteiger partial charge in [-0.15, -0.1) is 0 Å². The average Bonchev–Trinajstić information content (AvgIpc) is 3.05. The third kappa shape index (κ3) is 2.71. The predicted octanol–water partition coefficient (Wildman–Crippen LogP) is 1.19. The van der Waals surface area contributed by atoms with Gasteiger partial charge in [-0.2, -0.15) is 0 Å². The fourth-order valence-electron chi connectivity index (χ4n) is 2.07. The van der Waals surface area contributed by atoms with Crippen molar-refractivity contribution in [3.8, 4) is 0 Å². The molecule has 2 aliphatic rings. The van der Waals surface area contributed by atoms with Crippen molar-refractivity contribution in [2.45, 2.75) is 32.2 Å². The molecule has 0 spiro atoms. The lowest BCUT2D eigenvalue weighted by atomic mass is 10.3. The lowest BCUT2D eigenvalue weighted by Gasteiger charge is -2.22. The molecule has 0 aliphatic heterocycles. The molecule has 2 aliphatic carbocycles. The molecule has 2 saturated carbocycles. The fraction of sp³-hybridized carbons (Fsp3) is 0.917. The summed E-state index contributed by atoms with van der Waals surface area (Å²) in [7, 11) is 4.10. The van der Waals surface area contributed by atoms with Crippen LogP contribution in [0.3, 0.4) is 0 Å². The Morgan fingerprint density at radius 3 is 2.33 bits per heavy atom. The molecule has 2 atom stereocenters. The first-order chi connectivity index (χ1) is 7.09. The quantitative estimate of drug-likeness (QED) is 0.680. The number of likely N-dealkylation sites (N-methyl/N-ethyl adjacent to an activating group) is 2. The molecular weight excluding hydrogens is 188 g/mol. The second-order valence-electron chi connectivity index (χ2n) is 5.29. The Morgan fingerprint density at radius 1 is 1.27 bits per heavy atom. The number of rotatable bonds is 5. The first kappa shape index (κ1) is 10.9. The van der Waals surface area contributed by atoms with E-state index < -0.39 is 0 Å². The van der Waals surface area contributed by atoms with Gasteiger partial charge < -0.3 is 9.80 Å². The number of hydrogen-bond acceptors (Lipinski definition) is 2. The van der Waals surface area contributed by atoms with Gasteiger partial charge in [-0.25, -0.2) is 0 Å². The van der Waals surface area contributed by atoms with Crippen molar-refractivity contribution < 1.29 is 4.79 Å². The minimum Gasteiger partial charge on any atom is -0.344 e. The highest BCUT2D eigenvalue weighted by atomic mass is 16.2. The molecule has 0 aromatic rings. The van der Waals surface area contributed by atoms with Crippen molar-refractivity contribution in [1.29, 1.82) is 0 Å². The third-order valence-electron chi connectivity index (χ3n) is 3.76. The van der Waals surface area contributed by atoms with Crippen LogP contribution in [0.1, 0.15) is 26.2 Å². The van der Waals surface area contributed by atoms with Gasteiger partial charge in [0.1, 0.15) is 0 Å². The zero-order chi connectivity index (χ0) is 11.0. The normalized spacial score (nSPS) is 29.3. The maximum absolute atomic E-state index is 11.8. The summed E-state index contributed by atoms with van der Waals surface area (Å²) in [4.78, 5) is 16.1. The Kier molecular flexibility index (Phi) is 3.01. The largest absolute Gasteiger partial charge is 0.344 e. The first-order valence-electron chi connectivity index (χ1n) is 6.05. The van der Waals surface area contributed by atoms with E-state index in [1.165, 1.54) is 12.8 Å². The van der Waals surface area contributed by atoms with Gasteiger partial charge in [0, 0.05) is 32.1 Å². The molecule has 3 heteroatoms. The van der Waals surface area contributed by atoms with E-state index in [2.05, 4.69) is 18.9 Å². The van der Waals surface area contributed by atoms with E-state index in [1.54, 1.807) is 0 Å². The molecule has 0 bridgehead atoms. The lowest BCUT2D eigenvalue weighted by molar-refractivity contribution is -0.131. The van der Waals surface area contributed by atoms with Crippen LogP contribution in [-0.4, -0.2) is 48.9 Å². The van der Waals surface area contributed by atoms with Crippen LogP contribution in [0.15, 0.2) is 0 Å². The highest BCUT2D eigenvalue weighted by Crippen LogP contribution is 2.38. The molecule has 0 radical (unpaired) electrons. The summed E-state index contributed by atoms with van der Waals surface area (Å²) in [6.45, 7) is 4.07. The van der Waals surface area contributed by atoms with Gasteiger partial charge in [0.2, 0.25) is 5.91 Å². The van der Waals surface area contributed by atoms with E-state index in [0.29, 0.717) is 17.7 Å². The van der Waals surface area contributed by atoms with Crippen molar-refractivity contribution in [2.75, 3.05) is 27.2 Å². The van der Waals surface area contributed by atoms with E-state index in [4.69, 9.17) is 0 Å². The molecule has 0 aromatic heterocycles. The highest BCUT2D eigenvalue weighted by molar-refractivity contribution is 5.81. The summed E-state index contributed by atoms with van der Waals surface area (Å²) in [6.07, 6.45) is 3.78. The minimum atomic E-state index is 0.334. The van der Waals surface area contributed by atoms with E-state index in [9.17, 15) is 4.79 Å². The number of amides is 1. The van der Waals surface area contributed by atoms with Crippen LogP contribution in [0.25, 0.3) is 0 Å². The fourth-order valence-corrected chi connectivity index (χ4v) is 2.07. The monoisotopic (exact) mass is 210 g/mol. The maximum atomic E-state index is 11.8. The molecule has 0 saturated heterocycles. The molecule has 2 rings (SSSR count). The molecular formula is C12H22N2O. The van der Waals surface area contributed by atoms with Gasteiger partial charge in [-0.3, -0.25) is 4.79 Å². The van der Waals surface area contributed by atoms with Crippen molar-refractivity contribution >= 4 is 5.91 Å². The van der Waals surface area contributed by atoms with Crippen molar-refractivity contribution in [1.82, 2.24) is 9.80 Å². The van der Waals surface area contributed by atoms with Crippen LogP contribution in [0.2, 0.25) is 0 Å². The minimum absolute atomic E-state index is 0.334. The molecule has 1 amide bonds. The zero-order valence-electron chi connectivity index (χ0n) is 10.1. The van der Waals surface area contributed by atoms with Crippen LogP contribution in [0.4, 0.5) is 0 Å². The lowest BCUT2D eigenvalue weighted by Crippen LogP contribution is -2.36. The predicted molar refractivity (Wildman–Crippen MR) is 60.6 cm³/mol. The van der Waals surface area contributed by atoms with Crippen LogP contribution in [0, 0.1) is 11.8 Å². The Bertz CT molecular complexity index is 250. The Labute approximate surface area is 92.4 Å². The molecule has 0 aromatic carbocycles. The smallest absolute Gasteiger partial charge is 0.225 e. The summed E-state index contributed by atoms with van der Waals surface area (Å²) < 4.78 is 0. The Morgan fingerprint density at radius 2 is 1.87 bits per heavy atom. The summed E-state index contributed by atoms with van der Waals surface area (Å²) in [5.74, 6) is 1.31. The molecule has 15 heavy (non-hydrogen) atoms. The molecule has 0 heterocycles. The molecule has 3 nitrogen and oxygen atoms in total. The SMILES string of the molecule is C[C@@H]1C[C@@H]1C(=O)N(C)CCN(C)C1CC1. The number of hydrogen-bond donors (Lipinski definition) is 0. The average molecular weight is 210 g/mol. The Balaban J connectivity index is 1.67. The van der Waals surface area contributed by atoms with Gasteiger partial charge in [0.15, 0.2) is 0 Å². The van der Waals surface area contributed by atoms with Crippen LogP contribution in [-0.2, 0) is 4.79 Å². The van der Waals surface area contributed by atoms with Crippen molar-refractivity contribution in [3.05, 3.63) is 0 Å². The van der Waals surface area contributed by atoms with Crippen LogP contribution >= 0.6 is 0 Å². The molecule has 0 N–H and O–H groups in total. The van der Waals surface area contributed by atoms with Gasteiger partial charge >= 0.3 is 0 Å². The standard InChI is InChI=1S/C12H22N2O/c1-9-8-11(9)12(15)14(3)7-6-13(2)10-4-5-10/h9-11H,4-8H2,1-3H3/t9-,11+/m1/s1. The molecule has 2 fully saturated rings. The van der Waals surface area contributed by atoms with Gasteiger partial charge in [-0.1, -0.05) is 6.92 Å². The molecule has 0 unspecified atom stereocenters. The first-order valence-corrected chi connectivity index (χ1v) is 6.05. The van der Waals surface area contributed by atoms with E-state index >= 15 is 0 Å². The van der Waals surface area contributed by atoms with E-state index in [-0.39, 0.29) is 0 Å². The van der Waals surface area contributed by atoms with Gasteiger partial charge in [-0.05, 0) is 32.2 Å². The van der Waals surface area contributed by atoms with E-state index in [0.717, 1.165) is 25.6 Å². The van der Waals surface area contributed by atoms with E-state index in [1.807, 2.05) is 11.9 Å².